The second kappa shape index (κ2) is 6.24. The number of nitrogens with zero attached hydrogens (tertiary/aromatic N) is 2. The maximum atomic E-state index is 12.1. The molecule has 0 aliphatic rings. The molecule has 0 fully saturated rings. The zero-order valence-corrected chi connectivity index (χ0v) is 13.4. The molecule has 3 aromatic rings. The Morgan fingerprint density at radius 1 is 1.29 bits per heavy atom. The van der Waals surface area contributed by atoms with E-state index in [-0.39, 0.29) is 5.91 Å². The summed E-state index contributed by atoms with van der Waals surface area (Å²) in [4.78, 5) is 12.8. The van der Waals surface area contributed by atoms with Crippen molar-refractivity contribution in [3.63, 3.8) is 0 Å². The van der Waals surface area contributed by atoms with Crippen molar-refractivity contribution in [2.45, 2.75) is 6.54 Å². The van der Waals surface area contributed by atoms with Crippen molar-refractivity contribution < 1.29 is 4.79 Å². The molecule has 4 nitrogen and oxygen atoms in total. The van der Waals surface area contributed by atoms with Crippen molar-refractivity contribution in [1.29, 1.82) is 0 Å². The summed E-state index contributed by atoms with van der Waals surface area (Å²) in [6, 6.07) is 13.3. The van der Waals surface area contributed by atoms with E-state index in [9.17, 15) is 4.79 Å². The highest BCUT2D eigenvalue weighted by Gasteiger charge is 2.09. The Morgan fingerprint density at radius 3 is 2.90 bits per heavy atom. The van der Waals surface area contributed by atoms with E-state index in [1.54, 1.807) is 12.3 Å². The molecular formula is C15H12BrN3OS. The molecule has 0 saturated heterocycles. The van der Waals surface area contributed by atoms with Gasteiger partial charge in [0.25, 0.3) is 5.91 Å². The number of nitrogens with one attached hydrogen (secondary N) is 1. The number of carbonyl (C=O) groups is 1. The van der Waals surface area contributed by atoms with Gasteiger partial charge in [-0.1, -0.05) is 12.1 Å². The van der Waals surface area contributed by atoms with Crippen LogP contribution < -0.4 is 5.32 Å². The van der Waals surface area contributed by atoms with Gasteiger partial charge in [0.15, 0.2) is 0 Å². The van der Waals surface area contributed by atoms with E-state index >= 15 is 0 Å². The number of thiophene rings is 1. The average Bonchev–Trinajstić information content (AvgIpc) is 3.11. The maximum Gasteiger partial charge on any atom is 0.265 e. The third-order valence-electron chi connectivity index (χ3n) is 2.89. The number of amides is 1. The van der Waals surface area contributed by atoms with E-state index in [0.29, 0.717) is 11.4 Å². The maximum absolute atomic E-state index is 12.1. The normalized spacial score (nSPS) is 10.5. The lowest BCUT2D eigenvalue weighted by atomic mass is 10.2. The standard InChI is InChI=1S/C15H12BrN3OS/c16-14-6-5-13(21-14)15(20)18-12-4-1-3-11(9-12)10-19-8-2-7-17-19/h1-9H,10H2,(H,18,20). The second-order valence-corrected chi connectivity index (χ2v) is 6.92. The Labute approximate surface area is 134 Å². The van der Waals surface area contributed by atoms with Crippen molar-refractivity contribution in [2.24, 2.45) is 0 Å². The van der Waals surface area contributed by atoms with Gasteiger partial charge in [0.05, 0.1) is 15.2 Å². The summed E-state index contributed by atoms with van der Waals surface area (Å²) in [5.41, 5.74) is 1.87. The molecule has 0 spiro atoms. The Kier molecular flexibility index (Phi) is 4.17. The third kappa shape index (κ3) is 3.59. The number of benzene rings is 1. The third-order valence-corrected chi connectivity index (χ3v) is 4.51. The van der Waals surface area contributed by atoms with Crippen LogP contribution in [-0.4, -0.2) is 15.7 Å². The zero-order valence-electron chi connectivity index (χ0n) is 11.0. The van der Waals surface area contributed by atoms with Crippen LogP contribution in [0.5, 0.6) is 0 Å². The van der Waals surface area contributed by atoms with E-state index in [1.165, 1.54) is 11.3 Å². The van der Waals surface area contributed by atoms with E-state index in [0.717, 1.165) is 15.0 Å². The van der Waals surface area contributed by atoms with Crippen molar-refractivity contribution >= 4 is 38.9 Å². The molecule has 3 rings (SSSR count). The lowest BCUT2D eigenvalue weighted by molar-refractivity contribution is 0.103. The number of hydrogen-bond acceptors (Lipinski definition) is 3. The van der Waals surface area contributed by atoms with E-state index in [2.05, 4.69) is 26.3 Å². The molecule has 6 heteroatoms. The van der Waals surface area contributed by atoms with E-state index in [1.807, 2.05) is 47.3 Å². The molecule has 0 bridgehead atoms. The van der Waals surface area contributed by atoms with Gasteiger partial charge >= 0.3 is 0 Å². The first-order valence-electron chi connectivity index (χ1n) is 6.34. The van der Waals surface area contributed by atoms with Crippen LogP contribution in [0.25, 0.3) is 0 Å². The Bertz CT molecular complexity index is 752. The summed E-state index contributed by atoms with van der Waals surface area (Å²) in [5, 5.41) is 7.09. The van der Waals surface area contributed by atoms with Gasteiger partial charge < -0.3 is 5.32 Å². The van der Waals surface area contributed by atoms with E-state index < -0.39 is 0 Å². The van der Waals surface area contributed by atoms with Crippen LogP contribution in [0.15, 0.2) is 58.6 Å². The lowest BCUT2D eigenvalue weighted by Gasteiger charge is -2.07. The summed E-state index contributed by atoms with van der Waals surface area (Å²) >= 11 is 4.77. The highest BCUT2D eigenvalue weighted by atomic mass is 79.9. The molecule has 0 radical (unpaired) electrons. The van der Waals surface area contributed by atoms with Crippen molar-refractivity contribution in [2.75, 3.05) is 5.32 Å². The quantitative estimate of drug-likeness (QED) is 0.762. The molecule has 21 heavy (non-hydrogen) atoms. The van der Waals surface area contributed by atoms with Gasteiger partial charge in [-0.3, -0.25) is 9.48 Å². The fourth-order valence-electron chi connectivity index (χ4n) is 1.96. The first kappa shape index (κ1) is 14.0. The SMILES string of the molecule is O=C(Nc1cccc(Cn2cccn2)c1)c1ccc(Br)s1. The summed E-state index contributed by atoms with van der Waals surface area (Å²) < 4.78 is 2.79. The Morgan fingerprint density at radius 2 is 2.19 bits per heavy atom. The van der Waals surface area contributed by atoms with Crippen molar-refractivity contribution in [3.8, 4) is 0 Å². The number of hydrogen-bond donors (Lipinski definition) is 1. The largest absolute Gasteiger partial charge is 0.321 e. The summed E-state index contributed by atoms with van der Waals surface area (Å²) in [7, 11) is 0. The number of rotatable bonds is 4. The summed E-state index contributed by atoms with van der Waals surface area (Å²) in [6.07, 6.45) is 3.66. The van der Waals surface area contributed by atoms with Crippen LogP contribution in [-0.2, 0) is 6.54 Å². The molecule has 0 aliphatic heterocycles. The van der Waals surface area contributed by atoms with Crippen LogP contribution >= 0.6 is 27.3 Å². The Balaban J connectivity index is 1.72. The van der Waals surface area contributed by atoms with Crippen LogP contribution in [0.1, 0.15) is 15.2 Å². The van der Waals surface area contributed by atoms with Crippen molar-refractivity contribution in [3.05, 3.63) is 69.1 Å². The molecule has 106 valence electrons. The van der Waals surface area contributed by atoms with E-state index in [4.69, 9.17) is 0 Å². The molecule has 0 unspecified atom stereocenters. The lowest BCUT2D eigenvalue weighted by Crippen LogP contribution is -2.10. The minimum Gasteiger partial charge on any atom is -0.321 e. The molecule has 1 aromatic carbocycles. The molecule has 0 atom stereocenters. The molecule has 1 amide bonds. The van der Waals surface area contributed by atoms with Crippen LogP contribution in [0.3, 0.4) is 0 Å². The fourth-order valence-corrected chi connectivity index (χ4v) is 3.24. The van der Waals surface area contributed by atoms with Gasteiger partial charge in [-0.25, -0.2) is 0 Å². The molecule has 1 N–H and O–H groups in total. The summed E-state index contributed by atoms with van der Waals surface area (Å²) in [5.74, 6) is -0.0954. The van der Waals surface area contributed by atoms with Gasteiger partial charge in [-0.05, 0) is 51.8 Å². The number of anilines is 1. The molecule has 2 heterocycles. The van der Waals surface area contributed by atoms with Gasteiger partial charge in [0.1, 0.15) is 0 Å². The highest BCUT2D eigenvalue weighted by molar-refractivity contribution is 9.11. The topological polar surface area (TPSA) is 46.9 Å². The highest BCUT2D eigenvalue weighted by Crippen LogP contribution is 2.23. The smallest absolute Gasteiger partial charge is 0.265 e. The van der Waals surface area contributed by atoms with Crippen LogP contribution in [0, 0.1) is 0 Å². The second-order valence-electron chi connectivity index (χ2n) is 4.46. The monoisotopic (exact) mass is 361 g/mol. The molecule has 0 aliphatic carbocycles. The minimum absolute atomic E-state index is 0.0954. The van der Waals surface area contributed by atoms with Crippen LogP contribution in [0.4, 0.5) is 5.69 Å². The fraction of sp³-hybridized carbons (Fsp3) is 0.0667. The van der Waals surface area contributed by atoms with Gasteiger partial charge in [0.2, 0.25) is 0 Å². The Hall–Kier alpha value is -1.92. The van der Waals surface area contributed by atoms with Gasteiger partial charge in [0, 0.05) is 18.1 Å². The molecule has 2 aromatic heterocycles. The summed E-state index contributed by atoms with van der Waals surface area (Å²) in [6.45, 7) is 0.682. The zero-order chi connectivity index (χ0) is 14.7. The first-order valence-corrected chi connectivity index (χ1v) is 7.95. The average molecular weight is 362 g/mol. The molecule has 0 saturated carbocycles. The van der Waals surface area contributed by atoms with Gasteiger partial charge in [-0.2, -0.15) is 5.10 Å². The number of halogens is 1. The molecular weight excluding hydrogens is 350 g/mol. The van der Waals surface area contributed by atoms with Crippen molar-refractivity contribution in [1.82, 2.24) is 9.78 Å². The minimum atomic E-state index is -0.0954. The predicted octanol–water partition coefficient (Wildman–Crippen LogP) is 4.01. The number of carbonyl (C=O) groups excluding carboxylic acids is 1. The van der Waals surface area contributed by atoms with Crippen LogP contribution in [0.2, 0.25) is 0 Å². The van der Waals surface area contributed by atoms with Gasteiger partial charge in [-0.15, -0.1) is 11.3 Å². The number of aromatic nitrogens is 2. The first-order chi connectivity index (χ1) is 10.2. The predicted molar refractivity (Wildman–Crippen MR) is 87.7 cm³/mol.